The van der Waals surface area contributed by atoms with Crippen molar-refractivity contribution in [1.82, 2.24) is 10.6 Å². The molecule has 30 heavy (non-hydrogen) atoms. The fraction of sp³-hybridized carbons (Fsp3) is 0.417. The van der Waals surface area contributed by atoms with Crippen LogP contribution in [0.25, 0.3) is 0 Å². The number of hydrogen-bond donors (Lipinski definition) is 3. The summed E-state index contributed by atoms with van der Waals surface area (Å²) in [4.78, 5) is 16.0. The molecule has 3 rings (SSSR count). The number of rotatable bonds is 10. The molecular weight excluding hydrogens is 376 g/mol. The van der Waals surface area contributed by atoms with Crippen molar-refractivity contribution in [3.05, 3.63) is 59.7 Å². The molecule has 0 spiro atoms. The first kappa shape index (κ1) is 21.7. The lowest BCUT2D eigenvalue weighted by molar-refractivity contribution is -0.116. The second-order valence-electron chi connectivity index (χ2n) is 7.64. The quantitative estimate of drug-likeness (QED) is 0.409. The molecule has 0 aliphatic heterocycles. The van der Waals surface area contributed by atoms with Gasteiger partial charge in [0.15, 0.2) is 5.96 Å². The number of carbonyl (C=O) groups is 1. The van der Waals surface area contributed by atoms with Crippen molar-refractivity contribution in [2.45, 2.75) is 45.7 Å². The van der Waals surface area contributed by atoms with Gasteiger partial charge in [-0.05, 0) is 48.9 Å². The minimum Gasteiger partial charge on any atom is -0.493 e. The Balaban J connectivity index is 1.46. The number of amides is 1. The largest absolute Gasteiger partial charge is 0.493 e. The van der Waals surface area contributed by atoms with Crippen molar-refractivity contribution < 1.29 is 9.53 Å². The van der Waals surface area contributed by atoms with E-state index in [1.807, 2.05) is 49.4 Å². The summed E-state index contributed by atoms with van der Waals surface area (Å²) in [6.07, 6.45) is 3.95. The van der Waals surface area contributed by atoms with Crippen molar-refractivity contribution in [3.8, 4) is 5.75 Å². The molecule has 6 heteroatoms. The van der Waals surface area contributed by atoms with E-state index in [9.17, 15) is 4.79 Å². The van der Waals surface area contributed by atoms with Crippen LogP contribution in [0.2, 0.25) is 0 Å². The van der Waals surface area contributed by atoms with Gasteiger partial charge in [0.05, 0.1) is 6.61 Å². The summed E-state index contributed by atoms with van der Waals surface area (Å²) >= 11 is 0. The maximum atomic E-state index is 11.7. The molecule has 0 radical (unpaired) electrons. The van der Waals surface area contributed by atoms with Gasteiger partial charge in [-0.25, -0.2) is 0 Å². The van der Waals surface area contributed by atoms with Gasteiger partial charge in [-0.15, -0.1) is 0 Å². The van der Waals surface area contributed by atoms with Gasteiger partial charge in [-0.3, -0.25) is 9.79 Å². The van der Waals surface area contributed by atoms with Crippen LogP contribution in [-0.2, 0) is 17.9 Å². The predicted octanol–water partition coefficient (Wildman–Crippen LogP) is 4.08. The highest BCUT2D eigenvalue weighted by atomic mass is 16.5. The fourth-order valence-corrected chi connectivity index (χ4v) is 3.02. The average Bonchev–Trinajstić information content (AvgIpc) is 3.59. The van der Waals surface area contributed by atoms with Crippen LogP contribution in [0.15, 0.2) is 53.5 Å². The zero-order valence-corrected chi connectivity index (χ0v) is 17.9. The Morgan fingerprint density at radius 3 is 2.50 bits per heavy atom. The van der Waals surface area contributed by atoms with Crippen LogP contribution in [0.5, 0.6) is 5.75 Å². The Morgan fingerprint density at radius 2 is 1.80 bits per heavy atom. The molecule has 1 fully saturated rings. The minimum atomic E-state index is 0.0503. The number of hydrogen-bond acceptors (Lipinski definition) is 3. The van der Waals surface area contributed by atoms with E-state index in [2.05, 4.69) is 27.0 Å². The summed E-state index contributed by atoms with van der Waals surface area (Å²) < 4.78 is 5.98. The van der Waals surface area contributed by atoms with Crippen molar-refractivity contribution >= 4 is 17.6 Å². The third-order valence-electron chi connectivity index (χ3n) is 4.99. The van der Waals surface area contributed by atoms with Crippen LogP contribution in [0.3, 0.4) is 0 Å². The van der Waals surface area contributed by atoms with Gasteiger partial charge < -0.3 is 20.7 Å². The molecule has 2 aromatic rings. The van der Waals surface area contributed by atoms with Gasteiger partial charge in [0.1, 0.15) is 5.75 Å². The van der Waals surface area contributed by atoms with E-state index in [0.717, 1.165) is 47.5 Å². The van der Waals surface area contributed by atoms with Crippen molar-refractivity contribution in [2.24, 2.45) is 10.9 Å². The van der Waals surface area contributed by atoms with Crippen LogP contribution >= 0.6 is 0 Å². The molecule has 0 atom stereocenters. The standard InChI is InChI=1S/C24H32N4O2/c1-3-6-23(29)28-21-13-11-18(12-14-21)15-26-24(25-2)27-16-20-7-4-5-8-22(20)30-17-19-9-10-19/h4-5,7-8,11-14,19H,3,6,9-10,15-17H2,1-2H3,(H,28,29)(H2,25,26,27). The molecule has 1 aliphatic rings. The number of nitrogens with one attached hydrogen (secondary N) is 3. The molecule has 0 bridgehead atoms. The smallest absolute Gasteiger partial charge is 0.224 e. The molecule has 0 unspecified atom stereocenters. The van der Waals surface area contributed by atoms with Crippen molar-refractivity contribution in [2.75, 3.05) is 19.0 Å². The highest BCUT2D eigenvalue weighted by Crippen LogP contribution is 2.30. The Kier molecular flexibility index (Phi) is 8.12. The summed E-state index contributed by atoms with van der Waals surface area (Å²) in [7, 11) is 1.76. The van der Waals surface area contributed by atoms with Crippen LogP contribution in [0.1, 0.15) is 43.7 Å². The second kappa shape index (κ2) is 11.2. The molecule has 2 aromatic carbocycles. The summed E-state index contributed by atoms with van der Waals surface area (Å²) in [6.45, 7) is 4.08. The number of aliphatic imine (C=N–C) groups is 1. The van der Waals surface area contributed by atoms with Crippen molar-refractivity contribution in [3.63, 3.8) is 0 Å². The topological polar surface area (TPSA) is 74.8 Å². The number of nitrogens with zero attached hydrogens (tertiary/aromatic N) is 1. The summed E-state index contributed by atoms with van der Waals surface area (Å²) in [5, 5.41) is 9.58. The highest BCUT2D eigenvalue weighted by Gasteiger charge is 2.22. The summed E-state index contributed by atoms with van der Waals surface area (Å²) in [5.41, 5.74) is 3.05. The Labute approximate surface area is 179 Å². The molecule has 0 aromatic heterocycles. The van der Waals surface area contributed by atoms with E-state index in [0.29, 0.717) is 19.5 Å². The van der Waals surface area contributed by atoms with E-state index in [4.69, 9.17) is 4.74 Å². The lowest BCUT2D eigenvalue weighted by atomic mass is 10.2. The first-order valence-corrected chi connectivity index (χ1v) is 10.7. The fourth-order valence-electron chi connectivity index (χ4n) is 3.02. The Bertz CT molecular complexity index is 845. The van der Waals surface area contributed by atoms with Gasteiger partial charge in [0.25, 0.3) is 0 Å². The number of carbonyl (C=O) groups excluding carboxylic acids is 1. The normalized spacial score (nSPS) is 13.6. The molecule has 0 saturated heterocycles. The van der Waals surface area contributed by atoms with Crippen molar-refractivity contribution in [1.29, 1.82) is 0 Å². The Hall–Kier alpha value is -3.02. The maximum Gasteiger partial charge on any atom is 0.224 e. The number of anilines is 1. The minimum absolute atomic E-state index is 0.0503. The average molecular weight is 409 g/mol. The summed E-state index contributed by atoms with van der Waals surface area (Å²) in [6, 6.07) is 16.0. The number of ether oxygens (including phenoxy) is 1. The third kappa shape index (κ3) is 7.10. The lowest BCUT2D eigenvalue weighted by Crippen LogP contribution is -2.36. The Morgan fingerprint density at radius 1 is 1.07 bits per heavy atom. The van der Waals surface area contributed by atoms with Gasteiger partial charge in [-0.1, -0.05) is 37.3 Å². The first-order chi connectivity index (χ1) is 14.7. The predicted molar refractivity (Wildman–Crippen MR) is 122 cm³/mol. The van der Waals surface area contributed by atoms with Crippen LogP contribution in [0.4, 0.5) is 5.69 Å². The van der Waals surface area contributed by atoms with Crippen LogP contribution in [-0.4, -0.2) is 25.5 Å². The second-order valence-corrected chi connectivity index (χ2v) is 7.64. The lowest BCUT2D eigenvalue weighted by Gasteiger charge is -2.15. The molecule has 1 saturated carbocycles. The zero-order valence-electron chi connectivity index (χ0n) is 17.9. The van der Waals surface area contributed by atoms with E-state index >= 15 is 0 Å². The van der Waals surface area contributed by atoms with E-state index in [-0.39, 0.29) is 5.91 Å². The van der Waals surface area contributed by atoms with E-state index < -0.39 is 0 Å². The zero-order chi connectivity index (χ0) is 21.2. The van der Waals surface area contributed by atoms with Gasteiger partial charge >= 0.3 is 0 Å². The molecule has 1 aliphatic carbocycles. The van der Waals surface area contributed by atoms with Gasteiger partial charge in [-0.2, -0.15) is 0 Å². The van der Waals surface area contributed by atoms with E-state index in [1.165, 1.54) is 12.8 Å². The molecule has 1 amide bonds. The van der Waals surface area contributed by atoms with E-state index in [1.54, 1.807) is 7.05 Å². The number of benzene rings is 2. The molecular formula is C24H32N4O2. The molecule has 3 N–H and O–H groups in total. The molecule has 6 nitrogen and oxygen atoms in total. The molecule has 0 heterocycles. The SMILES string of the molecule is CCCC(=O)Nc1ccc(CNC(=NC)NCc2ccccc2OCC2CC2)cc1. The van der Waals surface area contributed by atoms with Gasteiger partial charge in [0.2, 0.25) is 5.91 Å². The van der Waals surface area contributed by atoms with Gasteiger partial charge in [0, 0.05) is 37.8 Å². The van der Waals surface area contributed by atoms with Crippen LogP contribution < -0.4 is 20.7 Å². The first-order valence-electron chi connectivity index (χ1n) is 10.7. The van der Waals surface area contributed by atoms with Crippen LogP contribution in [0, 0.1) is 5.92 Å². The highest BCUT2D eigenvalue weighted by molar-refractivity contribution is 5.90. The number of para-hydroxylation sites is 1. The molecule has 160 valence electrons. The number of guanidine groups is 1. The third-order valence-corrected chi connectivity index (χ3v) is 4.99. The summed E-state index contributed by atoms with van der Waals surface area (Å²) in [5.74, 6) is 2.45. The monoisotopic (exact) mass is 408 g/mol. The maximum absolute atomic E-state index is 11.7.